The largest absolute Gasteiger partial charge is 0.463 e. The second-order valence-electron chi connectivity index (χ2n) is 4.02. The topological polar surface area (TPSA) is 77.2 Å². The van der Waals surface area contributed by atoms with Gasteiger partial charge in [0.15, 0.2) is 0 Å². The van der Waals surface area contributed by atoms with Crippen LogP contribution >= 0.6 is 0 Å². The van der Waals surface area contributed by atoms with Crippen molar-refractivity contribution < 1.29 is 14.6 Å². The van der Waals surface area contributed by atoms with E-state index < -0.39 is 12.1 Å². The van der Waals surface area contributed by atoms with Gasteiger partial charge in [0.1, 0.15) is 6.33 Å². The van der Waals surface area contributed by atoms with E-state index in [-0.39, 0.29) is 5.82 Å². The first kappa shape index (κ1) is 13.2. The molecular weight excluding hydrogens is 246 g/mol. The SMILES string of the molecule is CCC(O)c1ccc(-n2cnc(C(=O)OC)n2)cc1. The predicted octanol–water partition coefficient (Wildman–Crippen LogP) is 1.50. The van der Waals surface area contributed by atoms with Gasteiger partial charge in [-0.2, -0.15) is 0 Å². The zero-order chi connectivity index (χ0) is 13.8. The van der Waals surface area contributed by atoms with E-state index in [1.807, 2.05) is 31.2 Å². The molecule has 0 radical (unpaired) electrons. The van der Waals surface area contributed by atoms with Crippen molar-refractivity contribution in [1.82, 2.24) is 14.8 Å². The van der Waals surface area contributed by atoms with Gasteiger partial charge in [-0.25, -0.2) is 14.5 Å². The number of rotatable bonds is 4. The molecule has 1 atom stereocenters. The molecule has 1 N–H and O–H groups in total. The van der Waals surface area contributed by atoms with E-state index in [1.54, 1.807) is 0 Å². The van der Waals surface area contributed by atoms with Crippen LogP contribution in [0, 0.1) is 0 Å². The molecule has 100 valence electrons. The molecule has 1 unspecified atom stereocenters. The second kappa shape index (κ2) is 5.62. The highest BCUT2D eigenvalue weighted by Gasteiger charge is 2.12. The van der Waals surface area contributed by atoms with Crippen LogP contribution in [0.2, 0.25) is 0 Å². The molecule has 0 saturated carbocycles. The van der Waals surface area contributed by atoms with Crippen LogP contribution in [-0.2, 0) is 4.74 Å². The number of carbonyl (C=O) groups excluding carboxylic acids is 1. The molecule has 19 heavy (non-hydrogen) atoms. The van der Waals surface area contributed by atoms with E-state index >= 15 is 0 Å². The Morgan fingerprint density at radius 3 is 2.68 bits per heavy atom. The Morgan fingerprint density at radius 2 is 2.11 bits per heavy atom. The maximum atomic E-state index is 11.2. The number of ether oxygens (including phenoxy) is 1. The van der Waals surface area contributed by atoms with Gasteiger partial charge >= 0.3 is 5.97 Å². The maximum Gasteiger partial charge on any atom is 0.377 e. The number of aromatic nitrogens is 3. The van der Waals surface area contributed by atoms with Gasteiger partial charge in [-0.3, -0.25) is 0 Å². The Morgan fingerprint density at radius 1 is 1.42 bits per heavy atom. The molecule has 0 saturated heterocycles. The van der Waals surface area contributed by atoms with E-state index in [2.05, 4.69) is 14.8 Å². The monoisotopic (exact) mass is 261 g/mol. The van der Waals surface area contributed by atoms with Crippen molar-refractivity contribution >= 4 is 5.97 Å². The average Bonchev–Trinajstić information content (AvgIpc) is 2.95. The lowest BCUT2D eigenvalue weighted by Gasteiger charge is -2.08. The van der Waals surface area contributed by atoms with Crippen molar-refractivity contribution in [1.29, 1.82) is 0 Å². The first-order valence-electron chi connectivity index (χ1n) is 5.94. The van der Waals surface area contributed by atoms with E-state index in [0.717, 1.165) is 11.3 Å². The highest BCUT2D eigenvalue weighted by atomic mass is 16.5. The van der Waals surface area contributed by atoms with Crippen molar-refractivity contribution in [3.63, 3.8) is 0 Å². The first-order chi connectivity index (χ1) is 9.15. The minimum atomic E-state index is -0.572. The minimum Gasteiger partial charge on any atom is -0.463 e. The molecule has 1 aromatic heterocycles. The van der Waals surface area contributed by atoms with E-state index in [1.165, 1.54) is 18.1 Å². The molecule has 2 rings (SSSR count). The van der Waals surface area contributed by atoms with E-state index in [4.69, 9.17) is 0 Å². The Bertz CT molecular complexity index is 563. The summed E-state index contributed by atoms with van der Waals surface area (Å²) in [5, 5.41) is 13.7. The summed E-state index contributed by atoms with van der Waals surface area (Å²) in [7, 11) is 1.28. The van der Waals surface area contributed by atoms with Crippen LogP contribution in [0.4, 0.5) is 0 Å². The fraction of sp³-hybridized carbons (Fsp3) is 0.308. The lowest BCUT2D eigenvalue weighted by atomic mass is 10.1. The number of hydrogen-bond donors (Lipinski definition) is 1. The van der Waals surface area contributed by atoms with Crippen molar-refractivity contribution in [2.45, 2.75) is 19.4 Å². The fourth-order valence-corrected chi connectivity index (χ4v) is 1.66. The third-order valence-corrected chi connectivity index (χ3v) is 2.79. The molecule has 0 amide bonds. The third-order valence-electron chi connectivity index (χ3n) is 2.79. The second-order valence-corrected chi connectivity index (χ2v) is 4.02. The van der Waals surface area contributed by atoms with Crippen LogP contribution in [0.3, 0.4) is 0 Å². The lowest BCUT2D eigenvalue weighted by molar-refractivity contribution is 0.0587. The summed E-state index contributed by atoms with van der Waals surface area (Å²) in [5.41, 5.74) is 1.61. The van der Waals surface area contributed by atoms with Crippen molar-refractivity contribution in [3.05, 3.63) is 42.0 Å². The summed E-state index contributed by atoms with van der Waals surface area (Å²) < 4.78 is 6.02. The van der Waals surface area contributed by atoms with E-state index in [9.17, 15) is 9.90 Å². The number of benzene rings is 1. The highest BCUT2D eigenvalue weighted by Crippen LogP contribution is 2.17. The van der Waals surface area contributed by atoms with Crippen LogP contribution in [0.25, 0.3) is 5.69 Å². The first-order valence-corrected chi connectivity index (χ1v) is 5.94. The quantitative estimate of drug-likeness (QED) is 0.844. The van der Waals surface area contributed by atoms with Crippen LogP contribution in [0.5, 0.6) is 0 Å². The Kier molecular flexibility index (Phi) is 3.91. The molecule has 0 spiro atoms. The summed E-state index contributed by atoms with van der Waals surface area (Å²) in [6.45, 7) is 1.92. The number of esters is 1. The van der Waals surface area contributed by atoms with Crippen molar-refractivity contribution in [2.24, 2.45) is 0 Å². The summed E-state index contributed by atoms with van der Waals surface area (Å²) >= 11 is 0. The molecule has 0 fully saturated rings. The van der Waals surface area contributed by atoms with Gasteiger partial charge in [0.25, 0.3) is 5.82 Å². The van der Waals surface area contributed by atoms with Gasteiger partial charge in [-0.05, 0) is 24.1 Å². The number of carbonyl (C=O) groups is 1. The lowest BCUT2D eigenvalue weighted by Crippen LogP contribution is -2.05. The van der Waals surface area contributed by atoms with E-state index in [0.29, 0.717) is 6.42 Å². The van der Waals surface area contributed by atoms with Crippen molar-refractivity contribution in [3.8, 4) is 5.69 Å². The fourth-order valence-electron chi connectivity index (χ4n) is 1.66. The van der Waals surface area contributed by atoms with Crippen LogP contribution in [0.15, 0.2) is 30.6 Å². The smallest absolute Gasteiger partial charge is 0.377 e. The number of nitrogens with zero attached hydrogens (tertiary/aromatic N) is 3. The Hall–Kier alpha value is -2.21. The van der Waals surface area contributed by atoms with Crippen LogP contribution in [-0.4, -0.2) is 33.0 Å². The summed E-state index contributed by atoms with van der Waals surface area (Å²) in [5.74, 6) is -0.558. The number of aliphatic hydroxyl groups excluding tert-OH is 1. The summed E-state index contributed by atoms with van der Waals surface area (Å²) in [4.78, 5) is 15.1. The zero-order valence-electron chi connectivity index (χ0n) is 10.8. The Balaban J connectivity index is 2.22. The Labute approximate surface area is 110 Å². The molecule has 0 aliphatic rings. The van der Waals surface area contributed by atoms with Gasteiger partial charge in [0.05, 0.1) is 18.9 Å². The minimum absolute atomic E-state index is 0.0140. The van der Waals surface area contributed by atoms with Crippen LogP contribution < -0.4 is 0 Å². The summed E-state index contributed by atoms with van der Waals surface area (Å²) in [6.07, 6.45) is 1.64. The number of aliphatic hydroxyl groups is 1. The highest BCUT2D eigenvalue weighted by molar-refractivity contribution is 5.84. The molecule has 0 aliphatic heterocycles. The zero-order valence-corrected chi connectivity index (χ0v) is 10.8. The molecule has 1 aromatic carbocycles. The third kappa shape index (κ3) is 2.79. The van der Waals surface area contributed by atoms with Crippen LogP contribution in [0.1, 0.15) is 35.6 Å². The molecule has 6 heteroatoms. The van der Waals surface area contributed by atoms with Gasteiger partial charge in [-0.1, -0.05) is 19.1 Å². The van der Waals surface area contributed by atoms with Gasteiger partial charge in [-0.15, -0.1) is 5.10 Å². The maximum absolute atomic E-state index is 11.2. The molecule has 6 nitrogen and oxygen atoms in total. The molecule has 2 aromatic rings. The number of hydrogen-bond acceptors (Lipinski definition) is 5. The molecular formula is C13H15N3O3. The average molecular weight is 261 g/mol. The van der Waals surface area contributed by atoms with Crippen molar-refractivity contribution in [2.75, 3.05) is 7.11 Å². The standard InChI is InChI=1S/C13H15N3O3/c1-3-11(17)9-4-6-10(7-5-9)16-8-14-12(15-16)13(18)19-2/h4-8,11,17H,3H2,1-2H3. The number of methoxy groups -OCH3 is 1. The van der Waals surface area contributed by atoms with Gasteiger partial charge in [0.2, 0.25) is 0 Å². The van der Waals surface area contributed by atoms with Gasteiger partial charge in [0, 0.05) is 0 Å². The molecule has 1 heterocycles. The normalized spacial score (nSPS) is 12.2. The summed E-state index contributed by atoms with van der Waals surface area (Å²) in [6, 6.07) is 7.26. The molecule has 0 aliphatic carbocycles. The molecule has 0 bridgehead atoms. The van der Waals surface area contributed by atoms with Gasteiger partial charge < -0.3 is 9.84 Å². The predicted molar refractivity (Wildman–Crippen MR) is 67.9 cm³/mol.